The number of hydroxylamine groups is 2. The molecule has 2 rings (SSSR count). The fourth-order valence-electron chi connectivity index (χ4n) is 1.85. The molecule has 2 N–H and O–H groups in total. The number of amides is 1. The van der Waals surface area contributed by atoms with Gasteiger partial charge in [-0.2, -0.15) is 5.06 Å². The first kappa shape index (κ1) is 14.6. The van der Waals surface area contributed by atoms with Crippen LogP contribution in [0, 0.1) is 11.8 Å². The number of carboxylic acid groups (broad SMARTS) is 1. The number of nitrogens with zero attached hydrogens (tertiary/aromatic N) is 1. The first-order valence-corrected chi connectivity index (χ1v) is 6.46. The van der Waals surface area contributed by atoms with Crippen molar-refractivity contribution in [3.8, 4) is 11.8 Å². The zero-order chi connectivity index (χ0) is 15.2. The molecule has 1 unspecified atom stereocenters. The minimum atomic E-state index is -1.39. The van der Waals surface area contributed by atoms with E-state index in [-0.39, 0.29) is 5.06 Å². The van der Waals surface area contributed by atoms with Crippen molar-refractivity contribution >= 4 is 6.09 Å². The van der Waals surface area contributed by atoms with Gasteiger partial charge in [-0.25, -0.2) is 4.79 Å². The zero-order valence-electron chi connectivity index (χ0n) is 11.5. The lowest BCUT2D eigenvalue weighted by Gasteiger charge is -2.19. The van der Waals surface area contributed by atoms with E-state index in [1.165, 1.54) is 0 Å². The minimum absolute atomic E-state index is 0.281. The van der Waals surface area contributed by atoms with Gasteiger partial charge in [0, 0.05) is 11.1 Å². The molecule has 0 saturated heterocycles. The second-order valence-corrected chi connectivity index (χ2v) is 4.54. The molecule has 0 aliphatic carbocycles. The van der Waals surface area contributed by atoms with Gasteiger partial charge in [0.1, 0.15) is 0 Å². The Hall–Kier alpha value is -2.77. The number of carbonyl (C=O) groups is 1. The lowest BCUT2D eigenvalue weighted by Crippen LogP contribution is -2.28. The van der Waals surface area contributed by atoms with E-state index in [1.54, 1.807) is 25.1 Å². The SMILES string of the molecule is CC(c1cccc(C#Cc2ccccc2)c1)N(O)C(=O)O. The van der Waals surface area contributed by atoms with E-state index in [2.05, 4.69) is 11.8 Å². The van der Waals surface area contributed by atoms with Crippen molar-refractivity contribution in [3.63, 3.8) is 0 Å². The monoisotopic (exact) mass is 281 g/mol. The lowest BCUT2D eigenvalue weighted by atomic mass is 10.0. The highest BCUT2D eigenvalue weighted by Gasteiger charge is 2.18. The lowest BCUT2D eigenvalue weighted by molar-refractivity contribution is -0.0928. The van der Waals surface area contributed by atoms with Crippen molar-refractivity contribution in [3.05, 3.63) is 71.3 Å². The van der Waals surface area contributed by atoms with Crippen molar-refractivity contribution in [2.24, 2.45) is 0 Å². The number of benzene rings is 2. The largest absolute Gasteiger partial charge is 0.463 e. The Morgan fingerprint density at radius 3 is 2.33 bits per heavy atom. The van der Waals surface area contributed by atoms with E-state index >= 15 is 0 Å². The molecule has 0 spiro atoms. The first-order chi connectivity index (χ1) is 10.1. The van der Waals surface area contributed by atoms with Gasteiger partial charge in [0.2, 0.25) is 0 Å². The van der Waals surface area contributed by atoms with Crippen LogP contribution < -0.4 is 0 Å². The van der Waals surface area contributed by atoms with Crippen molar-refractivity contribution in [1.82, 2.24) is 5.06 Å². The number of hydrogen-bond acceptors (Lipinski definition) is 2. The summed E-state index contributed by atoms with van der Waals surface area (Å²) in [5.41, 5.74) is 2.35. The van der Waals surface area contributed by atoms with Crippen LogP contribution in [0.2, 0.25) is 0 Å². The van der Waals surface area contributed by atoms with Crippen LogP contribution >= 0.6 is 0 Å². The highest BCUT2D eigenvalue weighted by atomic mass is 16.6. The van der Waals surface area contributed by atoms with Gasteiger partial charge >= 0.3 is 6.09 Å². The Kier molecular flexibility index (Phi) is 4.60. The smallest absolute Gasteiger partial charge is 0.431 e. The Bertz CT molecular complexity index is 686. The fraction of sp³-hybridized carbons (Fsp3) is 0.118. The molecular weight excluding hydrogens is 266 g/mol. The number of rotatable bonds is 2. The summed E-state index contributed by atoms with van der Waals surface area (Å²) in [5, 5.41) is 18.5. The maximum atomic E-state index is 10.8. The Labute approximate surface area is 123 Å². The van der Waals surface area contributed by atoms with Gasteiger partial charge in [-0.15, -0.1) is 0 Å². The van der Waals surface area contributed by atoms with E-state index in [0.717, 1.165) is 11.1 Å². The predicted octanol–water partition coefficient (Wildman–Crippen LogP) is 3.52. The van der Waals surface area contributed by atoms with E-state index in [0.29, 0.717) is 5.56 Å². The molecule has 4 nitrogen and oxygen atoms in total. The molecule has 2 aromatic rings. The third kappa shape index (κ3) is 3.85. The van der Waals surface area contributed by atoms with Gasteiger partial charge in [-0.1, -0.05) is 42.2 Å². The van der Waals surface area contributed by atoms with Gasteiger partial charge < -0.3 is 5.11 Å². The topological polar surface area (TPSA) is 60.8 Å². The Morgan fingerprint density at radius 1 is 1.05 bits per heavy atom. The molecule has 0 bridgehead atoms. The Balaban J connectivity index is 2.23. The molecule has 1 atom stereocenters. The van der Waals surface area contributed by atoms with Crippen LogP contribution in [0.3, 0.4) is 0 Å². The Morgan fingerprint density at radius 2 is 1.67 bits per heavy atom. The third-order valence-corrected chi connectivity index (χ3v) is 3.06. The highest BCUT2D eigenvalue weighted by Crippen LogP contribution is 2.19. The second kappa shape index (κ2) is 6.60. The molecule has 4 heteroatoms. The summed E-state index contributed by atoms with van der Waals surface area (Å²) in [6.07, 6.45) is -1.39. The van der Waals surface area contributed by atoms with Crippen LogP contribution in [0.15, 0.2) is 54.6 Å². The summed E-state index contributed by atoms with van der Waals surface area (Å²) in [7, 11) is 0. The standard InChI is InChI=1S/C17H15NO3/c1-13(18(21)17(19)20)16-9-5-8-15(12-16)11-10-14-6-3-2-4-7-14/h2-9,12-13,21H,1H3,(H,19,20). The third-order valence-electron chi connectivity index (χ3n) is 3.06. The van der Waals surface area contributed by atoms with E-state index in [9.17, 15) is 10.0 Å². The van der Waals surface area contributed by atoms with Gasteiger partial charge in [-0.3, -0.25) is 5.21 Å². The maximum Gasteiger partial charge on any atom is 0.431 e. The molecule has 106 valence electrons. The van der Waals surface area contributed by atoms with Crippen LogP contribution in [-0.4, -0.2) is 21.5 Å². The summed E-state index contributed by atoms with van der Waals surface area (Å²) in [4.78, 5) is 10.8. The van der Waals surface area contributed by atoms with Crippen molar-refractivity contribution in [1.29, 1.82) is 0 Å². The van der Waals surface area contributed by atoms with E-state index < -0.39 is 12.1 Å². The summed E-state index contributed by atoms with van der Waals surface area (Å²) in [5.74, 6) is 6.06. The minimum Gasteiger partial charge on any atom is -0.463 e. The molecule has 0 fully saturated rings. The van der Waals surface area contributed by atoms with Gasteiger partial charge in [-0.05, 0) is 36.8 Å². The van der Waals surface area contributed by atoms with Gasteiger partial charge in [0.05, 0.1) is 6.04 Å². The predicted molar refractivity (Wildman–Crippen MR) is 78.9 cm³/mol. The molecule has 0 saturated carbocycles. The van der Waals surface area contributed by atoms with Crippen LogP contribution in [0.1, 0.15) is 29.7 Å². The molecule has 2 aromatic carbocycles. The van der Waals surface area contributed by atoms with Gasteiger partial charge in [0.15, 0.2) is 0 Å². The summed E-state index contributed by atoms with van der Waals surface area (Å²) < 4.78 is 0. The zero-order valence-corrected chi connectivity index (χ0v) is 11.5. The van der Waals surface area contributed by atoms with Crippen molar-refractivity contribution in [2.75, 3.05) is 0 Å². The molecule has 0 aliphatic heterocycles. The average molecular weight is 281 g/mol. The number of hydrogen-bond donors (Lipinski definition) is 2. The van der Waals surface area contributed by atoms with Crippen LogP contribution in [-0.2, 0) is 0 Å². The summed E-state index contributed by atoms with van der Waals surface area (Å²) in [6.45, 7) is 1.61. The summed E-state index contributed by atoms with van der Waals surface area (Å²) in [6, 6.07) is 16.1. The normalized spacial score (nSPS) is 11.1. The fourth-order valence-corrected chi connectivity index (χ4v) is 1.85. The quantitative estimate of drug-likeness (QED) is 0.503. The van der Waals surface area contributed by atoms with E-state index in [1.807, 2.05) is 36.4 Å². The molecule has 1 amide bonds. The van der Waals surface area contributed by atoms with Crippen LogP contribution in [0.5, 0.6) is 0 Å². The molecule has 0 aromatic heterocycles. The van der Waals surface area contributed by atoms with Crippen LogP contribution in [0.25, 0.3) is 0 Å². The second-order valence-electron chi connectivity index (χ2n) is 4.54. The van der Waals surface area contributed by atoms with Crippen molar-refractivity contribution < 1.29 is 15.1 Å². The average Bonchev–Trinajstić information content (AvgIpc) is 2.52. The van der Waals surface area contributed by atoms with Crippen molar-refractivity contribution in [2.45, 2.75) is 13.0 Å². The van der Waals surface area contributed by atoms with E-state index in [4.69, 9.17) is 5.11 Å². The maximum absolute atomic E-state index is 10.8. The molecule has 0 aliphatic rings. The molecule has 0 radical (unpaired) electrons. The summed E-state index contributed by atoms with van der Waals surface area (Å²) >= 11 is 0. The van der Waals surface area contributed by atoms with Gasteiger partial charge in [0.25, 0.3) is 0 Å². The molecule has 21 heavy (non-hydrogen) atoms. The first-order valence-electron chi connectivity index (χ1n) is 6.46. The van der Waals surface area contributed by atoms with Crippen LogP contribution in [0.4, 0.5) is 4.79 Å². The highest BCUT2D eigenvalue weighted by molar-refractivity contribution is 5.64. The molecular formula is C17H15NO3. The molecule has 0 heterocycles.